The second kappa shape index (κ2) is 6.92. The Balaban J connectivity index is 1.98. The van der Waals surface area contributed by atoms with Gasteiger partial charge in [-0.1, -0.05) is 0 Å². The molecule has 1 aliphatic heterocycles. The summed E-state index contributed by atoms with van der Waals surface area (Å²) in [5.41, 5.74) is -0.199. The molecule has 20 heavy (non-hydrogen) atoms. The summed E-state index contributed by atoms with van der Waals surface area (Å²) in [7, 11) is 1.43. The summed E-state index contributed by atoms with van der Waals surface area (Å²) in [5.74, 6) is 0.745. The van der Waals surface area contributed by atoms with Gasteiger partial charge in [-0.2, -0.15) is 11.8 Å². The van der Waals surface area contributed by atoms with Crippen LogP contribution in [-0.2, 0) is 0 Å². The zero-order chi connectivity index (χ0) is 14.5. The molecule has 1 aliphatic rings. The predicted octanol–water partition coefficient (Wildman–Crippen LogP) is 2.88. The lowest BCUT2D eigenvalue weighted by Gasteiger charge is -2.21. The van der Waals surface area contributed by atoms with Gasteiger partial charge in [0, 0.05) is 19.2 Å². The van der Waals surface area contributed by atoms with Gasteiger partial charge < -0.3 is 10.6 Å². The number of halogens is 2. The monoisotopic (exact) mass is 300 g/mol. The fourth-order valence-electron chi connectivity index (χ4n) is 2.23. The van der Waals surface area contributed by atoms with Crippen LogP contribution in [0.3, 0.4) is 0 Å². The summed E-state index contributed by atoms with van der Waals surface area (Å²) >= 11 is 1.92. The quantitative estimate of drug-likeness (QED) is 0.898. The van der Waals surface area contributed by atoms with Crippen molar-refractivity contribution in [3.05, 3.63) is 29.3 Å². The minimum atomic E-state index is -0.758. The Bertz CT molecular complexity index is 467. The first-order valence-corrected chi connectivity index (χ1v) is 7.80. The molecule has 0 saturated carbocycles. The van der Waals surface area contributed by atoms with E-state index < -0.39 is 17.5 Å². The van der Waals surface area contributed by atoms with Crippen LogP contribution in [0.2, 0.25) is 0 Å². The first-order chi connectivity index (χ1) is 9.61. The van der Waals surface area contributed by atoms with Crippen LogP contribution in [0.25, 0.3) is 0 Å². The van der Waals surface area contributed by atoms with E-state index >= 15 is 0 Å². The number of hydrogen-bond donors (Lipinski definition) is 2. The molecular weight excluding hydrogens is 282 g/mol. The number of rotatable bonds is 4. The van der Waals surface area contributed by atoms with Gasteiger partial charge in [0.15, 0.2) is 0 Å². The molecule has 0 aliphatic carbocycles. The van der Waals surface area contributed by atoms with Gasteiger partial charge in [0.05, 0.1) is 0 Å². The van der Waals surface area contributed by atoms with Crippen molar-refractivity contribution in [3.63, 3.8) is 0 Å². The molecule has 1 aromatic carbocycles. The smallest absolute Gasteiger partial charge is 0.251 e. The molecular formula is C14H18F2N2OS. The zero-order valence-corrected chi connectivity index (χ0v) is 12.2. The van der Waals surface area contributed by atoms with E-state index in [-0.39, 0.29) is 11.3 Å². The molecule has 3 nitrogen and oxygen atoms in total. The standard InChI is InChI=1S/C14H18F2N2OS/c1-17-13-11(15)6-10(7-12(13)16)14(19)18-8-9-2-4-20-5-3-9/h6-7,9,17H,2-5,8H2,1H3,(H,18,19). The summed E-state index contributed by atoms with van der Waals surface area (Å²) in [6.45, 7) is 0.566. The van der Waals surface area contributed by atoms with E-state index in [0.717, 1.165) is 36.5 Å². The lowest BCUT2D eigenvalue weighted by molar-refractivity contribution is 0.0945. The van der Waals surface area contributed by atoms with Crippen LogP contribution in [0.1, 0.15) is 23.2 Å². The molecule has 0 atom stereocenters. The number of anilines is 1. The third-order valence-electron chi connectivity index (χ3n) is 3.45. The summed E-state index contributed by atoms with van der Waals surface area (Å²) in [5, 5.41) is 5.19. The SMILES string of the molecule is CNc1c(F)cc(C(=O)NCC2CCSCC2)cc1F. The Hall–Kier alpha value is -1.30. The van der Waals surface area contributed by atoms with Crippen molar-refractivity contribution < 1.29 is 13.6 Å². The maximum absolute atomic E-state index is 13.6. The van der Waals surface area contributed by atoms with Crippen molar-refractivity contribution in [2.45, 2.75) is 12.8 Å². The fraction of sp³-hybridized carbons (Fsp3) is 0.500. The topological polar surface area (TPSA) is 41.1 Å². The zero-order valence-electron chi connectivity index (χ0n) is 11.3. The average Bonchev–Trinajstić information content (AvgIpc) is 2.45. The predicted molar refractivity (Wildman–Crippen MR) is 78.3 cm³/mol. The van der Waals surface area contributed by atoms with E-state index in [0.29, 0.717) is 12.5 Å². The number of nitrogens with one attached hydrogen (secondary N) is 2. The number of hydrogen-bond acceptors (Lipinski definition) is 3. The van der Waals surface area contributed by atoms with E-state index in [9.17, 15) is 13.6 Å². The molecule has 0 unspecified atom stereocenters. The summed E-state index contributed by atoms with van der Waals surface area (Å²) in [4.78, 5) is 11.9. The van der Waals surface area contributed by atoms with Crippen molar-refractivity contribution >= 4 is 23.4 Å². The van der Waals surface area contributed by atoms with Crippen LogP contribution in [0, 0.1) is 17.6 Å². The Labute approximate surface area is 121 Å². The summed E-state index contributed by atoms with van der Waals surface area (Å²) in [6, 6.07) is 2.11. The molecule has 2 rings (SSSR count). The third kappa shape index (κ3) is 3.62. The number of carbonyl (C=O) groups is 1. The van der Waals surface area contributed by atoms with Gasteiger partial charge in [0.25, 0.3) is 5.91 Å². The van der Waals surface area contributed by atoms with Gasteiger partial charge in [0.2, 0.25) is 0 Å². The van der Waals surface area contributed by atoms with E-state index in [4.69, 9.17) is 0 Å². The Kier molecular flexibility index (Phi) is 5.23. The van der Waals surface area contributed by atoms with Gasteiger partial charge in [-0.15, -0.1) is 0 Å². The van der Waals surface area contributed by atoms with Gasteiger partial charge in [-0.05, 0) is 42.4 Å². The van der Waals surface area contributed by atoms with Gasteiger partial charge >= 0.3 is 0 Å². The summed E-state index contributed by atoms with van der Waals surface area (Å²) in [6.07, 6.45) is 2.15. The molecule has 110 valence electrons. The molecule has 0 radical (unpaired) electrons. The van der Waals surface area contributed by atoms with Crippen molar-refractivity contribution in [1.82, 2.24) is 5.32 Å². The minimum Gasteiger partial charge on any atom is -0.383 e. The number of benzene rings is 1. The van der Waals surface area contributed by atoms with Crippen LogP contribution < -0.4 is 10.6 Å². The number of carbonyl (C=O) groups excluding carboxylic acids is 1. The lowest BCUT2D eigenvalue weighted by Crippen LogP contribution is -2.31. The molecule has 1 aromatic rings. The summed E-state index contributed by atoms with van der Waals surface area (Å²) < 4.78 is 27.2. The lowest BCUT2D eigenvalue weighted by atomic mass is 10.0. The minimum absolute atomic E-state index is 0.0178. The van der Waals surface area contributed by atoms with E-state index in [1.54, 1.807) is 0 Å². The number of amides is 1. The largest absolute Gasteiger partial charge is 0.383 e. The van der Waals surface area contributed by atoms with Crippen LogP contribution in [0.15, 0.2) is 12.1 Å². The van der Waals surface area contributed by atoms with E-state index in [2.05, 4.69) is 10.6 Å². The van der Waals surface area contributed by atoms with E-state index in [1.165, 1.54) is 7.05 Å². The molecule has 0 aromatic heterocycles. The van der Waals surface area contributed by atoms with Gasteiger partial charge in [-0.3, -0.25) is 4.79 Å². The highest BCUT2D eigenvalue weighted by Crippen LogP contribution is 2.23. The third-order valence-corrected chi connectivity index (χ3v) is 4.50. The average molecular weight is 300 g/mol. The highest BCUT2D eigenvalue weighted by atomic mass is 32.2. The van der Waals surface area contributed by atoms with Gasteiger partial charge in [0.1, 0.15) is 17.3 Å². The second-order valence-corrected chi connectivity index (χ2v) is 6.06. The van der Waals surface area contributed by atoms with Crippen molar-refractivity contribution in [2.24, 2.45) is 5.92 Å². The normalized spacial score (nSPS) is 15.9. The van der Waals surface area contributed by atoms with E-state index in [1.807, 2.05) is 11.8 Å². The molecule has 1 fully saturated rings. The highest BCUT2D eigenvalue weighted by Gasteiger charge is 2.17. The van der Waals surface area contributed by atoms with Crippen molar-refractivity contribution in [1.29, 1.82) is 0 Å². The van der Waals surface area contributed by atoms with Crippen LogP contribution >= 0.6 is 11.8 Å². The fourth-order valence-corrected chi connectivity index (χ4v) is 3.44. The van der Waals surface area contributed by atoms with Crippen LogP contribution in [0.4, 0.5) is 14.5 Å². The van der Waals surface area contributed by atoms with Gasteiger partial charge in [-0.25, -0.2) is 8.78 Å². The van der Waals surface area contributed by atoms with Crippen LogP contribution in [-0.4, -0.2) is 31.0 Å². The van der Waals surface area contributed by atoms with Crippen LogP contribution in [0.5, 0.6) is 0 Å². The molecule has 0 spiro atoms. The Morgan fingerprint density at radius 1 is 1.30 bits per heavy atom. The number of thioether (sulfide) groups is 1. The second-order valence-electron chi connectivity index (χ2n) is 4.83. The van der Waals surface area contributed by atoms with Crippen molar-refractivity contribution in [3.8, 4) is 0 Å². The molecule has 1 heterocycles. The highest BCUT2D eigenvalue weighted by molar-refractivity contribution is 7.99. The first-order valence-electron chi connectivity index (χ1n) is 6.64. The molecule has 0 bridgehead atoms. The first kappa shape index (κ1) is 15.1. The Morgan fingerprint density at radius 2 is 1.90 bits per heavy atom. The molecule has 2 N–H and O–H groups in total. The molecule has 1 saturated heterocycles. The molecule has 1 amide bonds. The maximum Gasteiger partial charge on any atom is 0.251 e. The van der Waals surface area contributed by atoms with Crippen molar-refractivity contribution in [2.75, 3.05) is 30.4 Å². The maximum atomic E-state index is 13.6. The molecule has 6 heteroatoms. The Morgan fingerprint density at radius 3 is 2.45 bits per heavy atom.